The van der Waals surface area contributed by atoms with Crippen LogP contribution in [-0.2, 0) is 14.8 Å². The van der Waals surface area contributed by atoms with Gasteiger partial charge in [-0.1, -0.05) is 6.08 Å². The third kappa shape index (κ3) is 4.18. The van der Waals surface area contributed by atoms with E-state index in [2.05, 4.69) is 11.9 Å². The van der Waals surface area contributed by atoms with Gasteiger partial charge in [-0.05, 0) is 12.8 Å². The van der Waals surface area contributed by atoms with E-state index in [1.165, 1.54) is 14.1 Å². The molecule has 1 unspecified atom stereocenters. The molecule has 122 valence electrons. The first kappa shape index (κ1) is 17.9. The number of aliphatic carboxylic acids is 1. The summed E-state index contributed by atoms with van der Waals surface area (Å²) in [7, 11) is -1.14. The molecule has 1 aromatic rings. The molecular formula is C13H18N2O6S. The maximum Gasteiger partial charge on any atom is 0.326 e. The molecule has 9 heteroatoms. The van der Waals surface area contributed by atoms with Crippen LogP contribution in [0.2, 0.25) is 0 Å². The number of sulfonamides is 1. The van der Waals surface area contributed by atoms with E-state index in [4.69, 9.17) is 9.52 Å². The van der Waals surface area contributed by atoms with Crippen molar-refractivity contribution in [3.05, 3.63) is 30.5 Å². The minimum absolute atomic E-state index is 0.0646. The standard InChI is InChI=1S/C13H18N2O6S/c1-4-5-6-10(13(17)18)14-12(16)9-7-11(21-8-9)22(19,20)15(2)3/h4,7-8,10H,1,5-6H2,2-3H3,(H,14,16)(H,17,18). The van der Waals surface area contributed by atoms with Gasteiger partial charge in [0.05, 0.1) is 5.56 Å². The van der Waals surface area contributed by atoms with Crippen LogP contribution < -0.4 is 5.32 Å². The highest BCUT2D eigenvalue weighted by molar-refractivity contribution is 7.88. The summed E-state index contributed by atoms with van der Waals surface area (Å²) in [6.45, 7) is 3.48. The van der Waals surface area contributed by atoms with Crippen molar-refractivity contribution >= 4 is 21.9 Å². The molecule has 1 heterocycles. The van der Waals surface area contributed by atoms with Gasteiger partial charge in [0, 0.05) is 20.2 Å². The number of nitrogens with zero attached hydrogens (tertiary/aromatic N) is 1. The summed E-state index contributed by atoms with van der Waals surface area (Å²) in [6, 6.07) is -0.0359. The lowest BCUT2D eigenvalue weighted by Crippen LogP contribution is -2.40. The van der Waals surface area contributed by atoms with Gasteiger partial charge in [-0.25, -0.2) is 17.5 Å². The molecule has 0 saturated carbocycles. The molecule has 1 atom stereocenters. The van der Waals surface area contributed by atoms with Gasteiger partial charge in [0.2, 0.25) is 5.09 Å². The van der Waals surface area contributed by atoms with E-state index in [1.54, 1.807) is 6.08 Å². The Balaban J connectivity index is 2.89. The van der Waals surface area contributed by atoms with Gasteiger partial charge < -0.3 is 14.8 Å². The first-order valence-corrected chi connectivity index (χ1v) is 7.79. The Hall–Kier alpha value is -2.13. The van der Waals surface area contributed by atoms with E-state index in [9.17, 15) is 18.0 Å². The number of carbonyl (C=O) groups excluding carboxylic acids is 1. The summed E-state index contributed by atoms with van der Waals surface area (Å²) in [5.74, 6) is -1.90. The fourth-order valence-electron chi connectivity index (χ4n) is 1.53. The van der Waals surface area contributed by atoms with E-state index in [1.807, 2.05) is 0 Å². The SMILES string of the molecule is C=CCCC(NC(=O)c1coc(S(=O)(=O)N(C)C)c1)C(=O)O. The predicted octanol–water partition coefficient (Wildman–Crippen LogP) is 0.679. The van der Waals surface area contributed by atoms with Gasteiger partial charge in [0.1, 0.15) is 12.3 Å². The van der Waals surface area contributed by atoms with E-state index in [0.717, 1.165) is 16.6 Å². The quantitative estimate of drug-likeness (QED) is 0.677. The number of nitrogens with one attached hydrogen (secondary N) is 1. The molecule has 0 saturated heterocycles. The molecule has 22 heavy (non-hydrogen) atoms. The number of carboxylic acid groups (broad SMARTS) is 1. The van der Waals surface area contributed by atoms with Gasteiger partial charge in [-0.3, -0.25) is 4.79 Å². The third-order valence-corrected chi connectivity index (χ3v) is 4.52. The Labute approximate surface area is 128 Å². The lowest BCUT2D eigenvalue weighted by molar-refractivity contribution is -0.139. The molecule has 8 nitrogen and oxygen atoms in total. The topological polar surface area (TPSA) is 117 Å². The van der Waals surface area contributed by atoms with Crippen molar-refractivity contribution in [1.82, 2.24) is 9.62 Å². The molecule has 1 rings (SSSR count). The molecule has 0 fully saturated rings. The fraction of sp³-hybridized carbons (Fsp3) is 0.385. The van der Waals surface area contributed by atoms with Crippen LogP contribution >= 0.6 is 0 Å². The van der Waals surface area contributed by atoms with Crippen molar-refractivity contribution in [3.63, 3.8) is 0 Å². The number of furan rings is 1. The zero-order chi connectivity index (χ0) is 16.9. The number of carbonyl (C=O) groups is 2. The largest absolute Gasteiger partial charge is 0.480 e. The molecule has 0 radical (unpaired) electrons. The lowest BCUT2D eigenvalue weighted by Gasteiger charge is -2.12. The first-order valence-electron chi connectivity index (χ1n) is 6.35. The third-order valence-electron chi connectivity index (χ3n) is 2.84. The second-order valence-corrected chi connectivity index (χ2v) is 6.75. The first-order chi connectivity index (χ1) is 10.2. The molecular weight excluding hydrogens is 312 g/mol. The number of amides is 1. The Bertz CT molecular complexity index is 662. The second kappa shape index (κ2) is 7.23. The van der Waals surface area contributed by atoms with Crippen molar-refractivity contribution in [2.75, 3.05) is 14.1 Å². The summed E-state index contributed by atoms with van der Waals surface area (Å²) in [6.07, 6.45) is 3.12. The van der Waals surface area contributed by atoms with Crippen molar-refractivity contribution in [3.8, 4) is 0 Å². The summed E-state index contributed by atoms with van der Waals surface area (Å²) < 4.78 is 29.5. The Morgan fingerprint density at radius 2 is 2.14 bits per heavy atom. The van der Waals surface area contributed by atoms with Crippen LogP contribution in [0.25, 0.3) is 0 Å². The van der Waals surface area contributed by atoms with Crippen LogP contribution in [0.15, 0.2) is 34.5 Å². The van der Waals surface area contributed by atoms with Crippen LogP contribution in [0.3, 0.4) is 0 Å². The Morgan fingerprint density at radius 1 is 1.50 bits per heavy atom. The van der Waals surface area contributed by atoms with Gasteiger partial charge in [0.15, 0.2) is 0 Å². The highest BCUT2D eigenvalue weighted by atomic mass is 32.2. The maximum atomic E-state index is 12.0. The fourth-order valence-corrected chi connectivity index (χ4v) is 2.34. The normalized spacial score (nSPS) is 12.9. The molecule has 0 bridgehead atoms. The van der Waals surface area contributed by atoms with Crippen LogP contribution in [0.4, 0.5) is 0 Å². The molecule has 2 N–H and O–H groups in total. The van der Waals surface area contributed by atoms with E-state index in [0.29, 0.717) is 6.42 Å². The lowest BCUT2D eigenvalue weighted by atomic mass is 10.1. The summed E-state index contributed by atoms with van der Waals surface area (Å²) >= 11 is 0. The van der Waals surface area contributed by atoms with E-state index >= 15 is 0 Å². The van der Waals surface area contributed by atoms with Crippen LogP contribution in [0.5, 0.6) is 0 Å². The van der Waals surface area contributed by atoms with Crippen LogP contribution in [-0.4, -0.2) is 49.8 Å². The van der Waals surface area contributed by atoms with Crippen LogP contribution in [0, 0.1) is 0 Å². The smallest absolute Gasteiger partial charge is 0.326 e. The van der Waals surface area contributed by atoms with Gasteiger partial charge >= 0.3 is 5.97 Å². The summed E-state index contributed by atoms with van der Waals surface area (Å²) in [5, 5.41) is 10.9. The maximum absolute atomic E-state index is 12.0. The van der Waals surface area contributed by atoms with Crippen molar-refractivity contribution in [2.45, 2.75) is 24.0 Å². The number of allylic oxidation sites excluding steroid dienone is 1. The van der Waals surface area contributed by atoms with Gasteiger partial charge in [0.25, 0.3) is 15.9 Å². The Morgan fingerprint density at radius 3 is 2.64 bits per heavy atom. The van der Waals surface area contributed by atoms with Crippen molar-refractivity contribution in [1.29, 1.82) is 0 Å². The highest BCUT2D eigenvalue weighted by Crippen LogP contribution is 2.17. The zero-order valence-corrected chi connectivity index (χ0v) is 13.1. The predicted molar refractivity (Wildman–Crippen MR) is 77.9 cm³/mol. The minimum Gasteiger partial charge on any atom is -0.480 e. The van der Waals surface area contributed by atoms with Crippen molar-refractivity contribution < 1.29 is 27.5 Å². The monoisotopic (exact) mass is 330 g/mol. The van der Waals surface area contributed by atoms with E-state index < -0.39 is 27.9 Å². The number of hydrogen-bond acceptors (Lipinski definition) is 5. The Kier molecular flexibility index (Phi) is 5.89. The summed E-state index contributed by atoms with van der Waals surface area (Å²) in [5.41, 5.74) is -0.0646. The number of rotatable bonds is 8. The molecule has 0 aliphatic carbocycles. The minimum atomic E-state index is -3.79. The average Bonchev–Trinajstić information content (AvgIpc) is 2.93. The molecule has 0 spiro atoms. The molecule has 1 aromatic heterocycles. The van der Waals surface area contributed by atoms with Gasteiger partial charge in [-0.15, -0.1) is 6.58 Å². The average molecular weight is 330 g/mol. The van der Waals surface area contributed by atoms with Gasteiger partial charge in [-0.2, -0.15) is 0 Å². The number of hydrogen-bond donors (Lipinski definition) is 2. The summed E-state index contributed by atoms with van der Waals surface area (Å²) in [4.78, 5) is 23.0. The van der Waals surface area contributed by atoms with Crippen molar-refractivity contribution in [2.24, 2.45) is 0 Å². The van der Waals surface area contributed by atoms with Crippen LogP contribution in [0.1, 0.15) is 23.2 Å². The molecule has 0 aliphatic heterocycles. The second-order valence-electron chi connectivity index (χ2n) is 4.67. The molecule has 1 amide bonds. The van der Waals surface area contributed by atoms with E-state index in [-0.39, 0.29) is 17.1 Å². The highest BCUT2D eigenvalue weighted by Gasteiger charge is 2.25. The molecule has 0 aromatic carbocycles. The number of carboxylic acids is 1. The zero-order valence-electron chi connectivity index (χ0n) is 12.3. The molecule has 0 aliphatic rings.